The van der Waals surface area contributed by atoms with E-state index in [2.05, 4.69) is 41.2 Å². The number of benzene rings is 1. The van der Waals surface area contributed by atoms with Crippen LogP contribution < -0.4 is 0 Å². The van der Waals surface area contributed by atoms with E-state index in [0.29, 0.717) is 11.8 Å². The minimum atomic E-state index is -0.0366. The van der Waals surface area contributed by atoms with Crippen LogP contribution in [0.25, 0.3) is 11.5 Å². The van der Waals surface area contributed by atoms with Gasteiger partial charge in [0, 0.05) is 12.6 Å². The van der Waals surface area contributed by atoms with Crippen LogP contribution in [0.1, 0.15) is 34.9 Å². The number of aryl methyl sites for hydroxylation is 2. The minimum absolute atomic E-state index is 0.0318. The second-order valence-corrected chi connectivity index (χ2v) is 7.06. The molecule has 0 aliphatic carbocycles. The summed E-state index contributed by atoms with van der Waals surface area (Å²) in [5, 5.41) is 18.3. The van der Waals surface area contributed by atoms with Gasteiger partial charge in [0.2, 0.25) is 11.8 Å². The molecule has 1 aromatic carbocycles. The fraction of sp³-hybridized carbons (Fsp3) is 0.353. The lowest BCUT2D eigenvalue weighted by atomic mass is 10.1. The van der Waals surface area contributed by atoms with Crippen LogP contribution in [0.2, 0.25) is 0 Å². The molecule has 24 heavy (non-hydrogen) atoms. The van der Waals surface area contributed by atoms with E-state index in [1.54, 1.807) is 6.20 Å². The number of imidazole rings is 1. The number of aromatic nitrogens is 4. The molecule has 0 fully saturated rings. The Bertz CT molecular complexity index is 856. The Kier molecular flexibility index (Phi) is 4.73. The Morgan fingerprint density at radius 2 is 2.04 bits per heavy atom. The smallest absolute Gasteiger partial charge is 0.247 e. The molecule has 1 N–H and O–H groups in total. The second kappa shape index (κ2) is 6.78. The van der Waals surface area contributed by atoms with Crippen molar-refractivity contribution in [3.8, 4) is 11.5 Å². The molecule has 2 heterocycles. The molecule has 126 valence electrons. The van der Waals surface area contributed by atoms with Gasteiger partial charge in [-0.1, -0.05) is 17.8 Å². The largest absolute Gasteiger partial charge is 0.419 e. The molecule has 0 amide bonds. The molecule has 0 saturated heterocycles. The van der Waals surface area contributed by atoms with Crippen molar-refractivity contribution in [1.82, 2.24) is 19.7 Å². The van der Waals surface area contributed by atoms with Gasteiger partial charge in [-0.15, -0.1) is 10.2 Å². The number of hydrogen-bond donors (Lipinski definition) is 1. The first kappa shape index (κ1) is 16.7. The maximum atomic E-state index is 9.24. The predicted octanol–water partition coefficient (Wildman–Crippen LogP) is 3.43. The number of hydrogen-bond acceptors (Lipinski definition) is 6. The zero-order valence-corrected chi connectivity index (χ0v) is 15.0. The SMILES string of the molecule is Cc1ccc(-c2nnc([C@H](C)Sc3ncc(CO)n3C)o2)cc1C. The predicted molar refractivity (Wildman–Crippen MR) is 92.6 cm³/mol. The molecule has 2 aromatic heterocycles. The summed E-state index contributed by atoms with van der Waals surface area (Å²) in [5.41, 5.74) is 4.12. The van der Waals surface area contributed by atoms with E-state index < -0.39 is 0 Å². The van der Waals surface area contributed by atoms with Gasteiger partial charge < -0.3 is 14.1 Å². The molecule has 0 spiro atoms. The highest BCUT2D eigenvalue weighted by atomic mass is 32.2. The lowest BCUT2D eigenvalue weighted by Crippen LogP contribution is -1.99. The summed E-state index contributed by atoms with van der Waals surface area (Å²) in [4.78, 5) is 4.31. The van der Waals surface area contributed by atoms with Gasteiger partial charge in [-0.05, 0) is 44.0 Å². The summed E-state index contributed by atoms with van der Waals surface area (Å²) in [6.07, 6.45) is 1.67. The molecule has 0 saturated carbocycles. The van der Waals surface area contributed by atoms with Gasteiger partial charge >= 0.3 is 0 Å². The third-order valence-corrected chi connectivity index (χ3v) is 5.17. The van der Waals surface area contributed by atoms with Crippen LogP contribution in [-0.2, 0) is 13.7 Å². The molecule has 0 unspecified atom stereocenters. The lowest BCUT2D eigenvalue weighted by molar-refractivity contribution is 0.271. The normalized spacial score (nSPS) is 12.5. The fourth-order valence-corrected chi connectivity index (χ4v) is 3.18. The second-order valence-electron chi connectivity index (χ2n) is 5.75. The number of aliphatic hydroxyl groups excluding tert-OH is 1. The van der Waals surface area contributed by atoms with Crippen molar-refractivity contribution < 1.29 is 9.52 Å². The van der Waals surface area contributed by atoms with Crippen molar-refractivity contribution in [2.24, 2.45) is 7.05 Å². The van der Waals surface area contributed by atoms with E-state index in [9.17, 15) is 5.11 Å². The van der Waals surface area contributed by atoms with Crippen LogP contribution in [0.15, 0.2) is 34.0 Å². The van der Waals surface area contributed by atoms with Gasteiger partial charge in [0.05, 0.1) is 23.7 Å². The van der Waals surface area contributed by atoms with Gasteiger partial charge in [-0.3, -0.25) is 0 Å². The van der Waals surface area contributed by atoms with Gasteiger partial charge in [-0.2, -0.15) is 0 Å². The van der Waals surface area contributed by atoms with Crippen molar-refractivity contribution in [1.29, 1.82) is 0 Å². The third kappa shape index (κ3) is 3.22. The van der Waals surface area contributed by atoms with Crippen LogP contribution in [-0.4, -0.2) is 24.9 Å². The summed E-state index contributed by atoms with van der Waals surface area (Å²) < 4.78 is 7.70. The minimum Gasteiger partial charge on any atom is -0.419 e. The molecule has 0 aliphatic rings. The first-order valence-corrected chi connectivity index (χ1v) is 8.56. The van der Waals surface area contributed by atoms with Crippen molar-refractivity contribution in [2.75, 3.05) is 0 Å². The number of nitrogens with zero attached hydrogens (tertiary/aromatic N) is 4. The molecule has 3 rings (SSSR count). The average molecular weight is 344 g/mol. The Morgan fingerprint density at radius 1 is 1.25 bits per heavy atom. The van der Waals surface area contributed by atoms with Crippen molar-refractivity contribution in [2.45, 2.75) is 37.8 Å². The fourth-order valence-electron chi connectivity index (χ4n) is 2.28. The van der Waals surface area contributed by atoms with Crippen LogP contribution in [0.4, 0.5) is 0 Å². The van der Waals surface area contributed by atoms with E-state index in [1.165, 1.54) is 22.9 Å². The summed E-state index contributed by atoms with van der Waals surface area (Å²) in [7, 11) is 1.88. The van der Waals surface area contributed by atoms with E-state index in [4.69, 9.17) is 4.42 Å². The van der Waals surface area contributed by atoms with Gasteiger partial charge in [0.1, 0.15) is 0 Å². The van der Waals surface area contributed by atoms with Crippen LogP contribution in [0, 0.1) is 13.8 Å². The van der Waals surface area contributed by atoms with Crippen molar-refractivity contribution >= 4 is 11.8 Å². The van der Waals surface area contributed by atoms with Crippen LogP contribution >= 0.6 is 11.8 Å². The standard InChI is InChI=1S/C17H20N4O2S/c1-10-5-6-13(7-11(10)2)16-20-19-15(23-16)12(3)24-17-18-8-14(9-22)21(17)4/h5-8,12,22H,9H2,1-4H3/t12-/m0/s1. The van der Waals surface area contributed by atoms with Crippen molar-refractivity contribution in [3.05, 3.63) is 47.1 Å². The topological polar surface area (TPSA) is 77.0 Å². The maximum absolute atomic E-state index is 9.24. The summed E-state index contributed by atoms with van der Waals surface area (Å²) in [6, 6.07) is 6.09. The average Bonchev–Trinajstić information content (AvgIpc) is 3.18. The third-order valence-electron chi connectivity index (χ3n) is 4.03. The zero-order chi connectivity index (χ0) is 17.3. The van der Waals surface area contributed by atoms with Gasteiger partial charge in [0.25, 0.3) is 0 Å². The molecule has 0 aliphatic heterocycles. The molecule has 1 atom stereocenters. The van der Waals surface area contributed by atoms with Crippen LogP contribution in [0.5, 0.6) is 0 Å². The van der Waals surface area contributed by atoms with E-state index in [1.807, 2.05) is 24.6 Å². The molecule has 3 aromatic rings. The zero-order valence-electron chi connectivity index (χ0n) is 14.1. The number of thioether (sulfide) groups is 1. The Balaban J connectivity index is 1.79. The summed E-state index contributed by atoms with van der Waals surface area (Å²) >= 11 is 1.52. The molecule has 6 nitrogen and oxygen atoms in total. The van der Waals surface area contributed by atoms with E-state index >= 15 is 0 Å². The summed E-state index contributed by atoms with van der Waals surface area (Å²) in [6.45, 7) is 6.10. The summed E-state index contributed by atoms with van der Waals surface area (Å²) in [5.74, 6) is 1.08. The highest BCUT2D eigenvalue weighted by Gasteiger charge is 2.19. The Hall–Kier alpha value is -2.12. The van der Waals surface area contributed by atoms with Gasteiger partial charge in [-0.25, -0.2) is 4.98 Å². The highest BCUT2D eigenvalue weighted by molar-refractivity contribution is 7.99. The Labute approximate surface area is 144 Å². The number of rotatable bonds is 5. The van der Waals surface area contributed by atoms with Gasteiger partial charge in [0.15, 0.2) is 5.16 Å². The number of aliphatic hydroxyl groups is 1. The van der Waals surface area contributed by atoms with Crippen LogP contribution in [0.3, 0.4) is 0 Å². The molecule has 7 heteroatoms. The first-order valence-electron chi connectivity index (χ1n) is 7.68. The monoisotopic (exact) mass is 344 g/mol. The lowest BCUT2D eigenvalue weighted by Gasteiger charge is -2.07. The molecule has 0 radical (unpaired) electrons. The molecular formula is C17H20N4O2S. The molecular weight excluding hydrogens is 324 g/mol. The van der Waals surface area contributed by atoms with E-state index in [-0.39, 0.29) is 11.9 Å². The highest BCUT2D eigenvalue weighted by Crippen LogP contribution is 2.34. The quantitative estimate of drug-likeness (QED) is 0.715. The first-order chi connectivity index (χ1) is 11.5. The maximum Gasteiger partial charge on any atom is 0.247 e. The molecule has 0 bridgehead atoms. The van der Waals surface area contributed by atoms with E-state index in [0.717, 1.165) is 16.4 Å². The van der Waals surface area contributed by atoms with Crippen molar-refractivity contribution in [3.63, 3.8) is 0 Å². The Morgan fingerprint density at radius 3 is 2.71 bits per heavy atom.